The van der Waals surface area contributed by atoms with Crippen LogP contribution in [-0.4, -0.2) is 43.0 Å². The van der Waals surface area contributed by atoms with Crippen molar-refractivity contribution in [2.45, 2.75) is 26.4 Å². The van der Waals surface area contributed by atoms with Crippen LogP contribution in [0.5, 0.6) is 0 Å². The van der Waals surface area contributed by atoms with Gasteiger partial charge in [-0.2, -0.15) is 13.2 Å². The second kappa shape index (κ2) is 8.73. The topological polar surface area (TPSA) is 36.4 Å². The zero-order valence-electron chi connectivity index (χ0n) is 17.4. The van der Waals surface area contributed by atoms with Gasteiger partial charge in [0.05, 0.1) is 15.8 Å². The fraction of sp³-hybridized carbons (Fsp3) is 0.364. The van der Waals surface area contributed by atoms with E-state index < -0.39 is 17.6 Å². The molecule has 0 radical (unpaired) electrons. The average molecular weight is 436 g/mol. The lowest BCUT2D eigenvalue weighted by atomic mass is 10.1. The van der Waals surface area contributed by atoms with Crippen LogP contribution in [0.15, 0.2) is 36.4 Å². The van der Waals surface area contributed by atoms with E-state index in [1.54, 1.807) is 0 Å². The number of hydrogen-bond donors (Lipinski definition) is 0. The fourth-order valence-electron chi connectivity index (χ4n) is 3.29. The number of aryl methyl sites for hydroxylation is 2. The number of halogens is 3. The van der Waals surface area contributed by atoms with Gasteiger partial charge in [0, 0.05) is 12.1 Å². The number of anilines is 1. The summed E-state index contributed by atoms with van der Waals surface area (Å²) in [4.78, 5) is 21.4. The lowest BCUT2D eigenvalue weighted by Gasteiger charge is -2.21. The summed E-state index contributed by atoms with van der Waals surface area (Å²) in [6, 6.07) is 8.59. The zero-order chi connectivity index (χ0) is 22.1. The Bertz CT molecular complexity index is 1060. The minimum Gasteiger partial charge on any atom is -0.309 e. The molecule has 0 N–H and O–H groups in total. The van der Waals surface area contributed by atoms with Crippen LogP contribution in [0.25, 0.3) is 10.2 Å². The van der Waals surface area contributed by atoms with E-state index in [2.05, 4.69) is 4.98 Å². The van der Waals surface area contributed by atoms with Gasteiger partial charge in [-0.25, -0.2) is 4.98 Å². The third-order valence-electron chi connectivity index (χ3n) is 4.72. The number of amides is 1. The first-order chi connectivity index (χ1) is 14.1. The van der Waals surface area contributed by atoms with Crippen molar-refractivity contribution in [3.05, 3.63) is 58.7 Å². The second-order valence-electron chi connectivity index (χ2n) is 7.62. The Morgan fingerprint density at radius 2 is 1.83 bits per heavy atom. The van der Waals surface area contributed by atoms with Crippen LogP contribution in [0.1, 0.15) is 33.5 Å². The second-order valence-corrected chi connectivity index (χ2v) is 8.63. The first kappa shape index (κ1) is 22.2. The maximum Gasteiger partial charge on any atom is 0.416 e. The summed E-state index contributed by atoms with van der Waals surface area (Å²) in [7, 11) is 3.87. The molecule has 1 heterocycles. The van der Waals surface area contributed by atoms with E-state index in [1.165, 1.54) is 28.4 Å². The lowest BCUT2D eigenvalue weighted by Crippen LogP contribution is -2.33. The lowest BCUT2D eigenvalue weighted by molar-refractivity contribution is -0.137. The monoisotopic (exact) mass is 435 g/mol. The van der Waals surface area contributed by atoms with Gasteiger partial charge in [-0.05, 0) is 76.3 Å². The molecule has 0 aliphatic heterocycles. The third kappa shape index (κ3) is 4.99. The van der Waals surface area contributed by atoms with Gasteiger partial charge in [0.1, 0.15) is 0 Å². The van der Waals surface area contributed by atoms with Crippen molar-refractivity contribution < 1.29 is 18.0 Å². The van der Waals surface area contributed by atoms with Crippen molar-refractivity contribution in [3.63, 3.8) is 0 Å². The van der Waals surface area contributed by atoms with Crippen molar-refractivity contribution in [3.8, 4) is 0 Å². The van der Waals surface area contributed by atoms with E-state index in [1.807, 2.05) is 45.0 Å². The largest absolute Gasteiger partial charge is 0.416 e. The molecule has 160 valence electrons. The molecule has 1 amide bonds. The Morgan fingerprint density at radius 1 is 1.10 bits per heavy atom. The number of aromatic nitrogens is 1. The van der Waals surface area contributed by atoms with Crippen LogP contribution in [0.4, 0.5) is 18.3 Å². The number of thiazole rings is 1. The van der Waals surface area contributed by atoms with Gasteiger partial charge >= 0.3 is 6.18 Å². The van der Waals surface area contributed by atoms with Gasteiger partial charge in [0.2, 0.25) is 0 Å². The normalized spacial score (nSPS) is 12.0. The average Bonchev–Trinajstić information content (AvgIpc) is 3.08. The molecule has 0 spiro atoms. The smallest absolute Gasteiger partial charge is 0.309 e. The van der Waals surface area contributed by atoms with Gasteiger partial charge in [-0.3, -0.25) is 9.69 Å². The first-order valence-corrected chi connectivity index (χ1v) is 10.4. The Labute approximate surface area is 177 Å². The third-order valence-corrected chi connectivity index (χ3v) is 5.74. The Balaban J connectivity index is 2.00. The highest BCUT2D eigenvalue weighted by Gasteiger charge is 2.31. The molecular formula is C22H24F3N3OS. The van der Waals surface area contributed by atoms with Gasteiger partial charge < -0.3 is 4.90 Å². The minimum atomic E-state index is -4.50. The van der Waals surface area contributed by atoms with Crippen LogP contribution in [0, 0.1) is 13.8 Å². The van der Waals surface area contributed by atoms with E-state index in [0.717, 1.165) is 40.0 Å². The van der Waals surface area contributed by atoms with E-state index in [4.69, 9.17) is 0 Å². The van der Waals surface area contributed by atoms with Crippen molar-refractivity contribution in [1.29, 1.82) is 0 Å². The number of rotatable bonds is 6. The minimum absolute atomic E-state index is 0.00170. The summed E-state index contributed by atoms with van der Waals surface area (Å²) >= 11 is 1.38. The maximum atomic E-state index is 13.2. The molecule has 0 saturated carbocycles. The molecule has 0 fully saturated rings. The number of hydrogen-bond acceptors (Lipinski definition) is 4. The summed E-state index contributed by atoms with van der Waals surface area (Å²) in [5.74, 6) is -0.478. The molecule has 0 saturated heterocycles. The molecule has 3 aromatic rings. The molecule has 30 heavy (non-hydrogen) atoms. The van der Waals surface area contributed by atoms with Gasteiger partial charge in [0.15, 0.2) is 5.13 Å². The highest BCUT2D eigenvalue weighted by Crippen LogP contribution is 2.34. The SMILES string of the molecule is Cc1cc(C)c2nc(N(CCCN(C)C)C(=O)c3cccc(C(F)(F)F)c3)sc2c1. The van der Waals surface area contributed by atoms with Crippen LogP contribution in [0.2, 0.25) is 0 Å². The Hall–Kier alpha value is -2.45. The quantitative estimate of drug-likeness (QED) is 0.511. The fourth-order valence-corrected chi connectivity index (χ4v) is 4.45. The summed E-state index contributed by atoms with van der Waals surface area (Å²) < 4.78 is 40.3. The van der Waals surface area contributed by atoms with Crippen LogP contribution in [0.3, 0.4) is 0 Å². The standard InChI is InChI=1S/C22H24F3N3OS/c1-14-11-15(2)19-18(12-14)30-21(26-19)28(10-6-9-27(3)4)20(29)16-7-5-8-17(13-16)22(23,24)25/h5,7-8,11-13H,6,9-10H2,1-4H3. The first-order valence-electron chi connectivity index (χ1n) is 9.58. The predicted octanol–water partition coefficient (Wildman–Crippen LogP) is 5.53. The number of carbonyl (C=O) groups is 1. The van der Waals surface area contributed by atoms with Crippen LogP contribution in [-0.2, 0) is 6.18 Å². The van der Waals surface area contributed by atoms with E-state index >= 15 is 0 Å². The van der Waals surface area contributed by atoms with Crippen molar-refractivity contribution >= 4 is 32.6 Å². The number of benzene rings is 2. The summed E-state index contributed by atoms with van der Waals surface area (Å²) in [5.41, 5.74) is 2.08. The van der Waals surface area contributed by atoms with Crippen molar-refractivity contribution in [1.82, 2.24) is 9.88 Å². The summed E-state index contributed by atoms with van der Waals surface area (Å²) in [6.45, 7) is 5.07. The van der Waals surface area contributed by atoms with Gasteiger partial charge in [0.25, 0.3) is 5.91 Å². The molecular weight excluding hydrogens is 411 g/mol. The van der Waals surface area contributed by atoms with E-state index in [9.17, 15) is 18.0 Å². The van der Waals surface area contributed by atoms with Gasteiger partial charge in [-0.1, -0.05) is 23.5 Å². The molecule has 0 atom stereocenters. The molecule has 0 unspecified atom stereocenters. The highest BCUT2D eigenvalue weighted by atomic mass is 32.1. The molecule has 4 nitrogen and oxygen atoms in total. The number of alkyl halides is 3. The summed E-state index contributed by atoms with van der Waals surface area (Å²) in [5, 5.41) is 0.500. The molecule has 1 aromatic heterocycles. The zero-order valence-corrected chi connectivity index (χ0v) is 18.2. The van der Waals surface area contributed by atoms with E-state index in [0.29, 0.717) is 18.1 Å². The molecule has 0 aliphatic rings. The number of carbonyl (C=O) groups excluding carboxylic acids is 1. The number of fused-ring (bicyclic) bond motifs is 1. The van der Waals surface area contributed by atoms with Gasteiger partial charge in [-0.15, -0.1) is 0 Å². The van der Waals surface area contributed by atoms with E-state index in [-0.39, 0.29) is 5.56 Å². The van der Waals surface area contributed by atoms with Crippen molar-refractivity contribution in [2.24, 2.45) is 0 Å². The van der Waals surface area contributed by atoms with Crippen molar-refractivity contribution in [2.75, 3.05) is 32.1 Å². The molecule has 8 heteroatoms. The molecule has 2 aromatic carbocycles. The summed E-state index contributed by atoms with van der Waals surface area (Å²) in [6.07, 6.45) is -3.83. The predicted molar refractivity (Wildman–Crippen MR) is 115 cm³/mol. The van der Waals surface area contributed by atoms with Crippen LogP contribution >= 0.6 is 11.3 Å². The highest BCUT2D eigenvalue weighted by molar-refractivity contribution is 7.22. The number of nitrogens with zero attached hydrogens (tertiary/aromatic N) is 3. The molecule has 0 bridgehead atoms. The molecule has 3 rings (SSSR count). The van der Waals surface area contributed by atoms with Crippen LogP contribution < -0.4 is 4.90 Å². The molecule has 0 aliphatic carbocycles. The Kier molecular flexibility index (Phi) is 6.47. The maximum absolute atomic E-state index is 13.2. The Morgan fingerprint density at radius 3 is 2.50 bits per heavy atom.